The number of hydrogen-bond acceptors (Lipinski definition) is 7. The number of benzene rings is 2. The van der Waals surface area contributed by atoms with E-state index < -0.39 is 0 Å². The van der Waals surface area contributed by atoms with Gasteiger partial charge < -0.3 is 14.8 Å². The highest BCUT2D eigenvalue weighted by atomic mass is 32.1. The molecule has 144 valence electrons. The molecule has 7 nitrogen and oxygen atoms in total. The summed E-state index contributed by atoms with van der Waals surface area (Å²) in [6, 6.07) is 13.0. The fraction of sp³-hybridized carbons (Fsp3) is 0.150. The summed E-state index contributed by atoms with van der Waals surface area (Å²) in [6.07, 6.45) is 1.67. The molecule has 1 heterocycles. The van der Waals surface area contributed by atoms with Crippen molar-refractivity contribution < 1.29 is 14.3 Å². The minimum absolute atomic E-state index is 0.0979. The van der Waals surface area contributed by atoms with Gasteiger partial charge in [-0.25, -0.2) is 4.98 Å². The molecule has 0 unspecified atom stereocenters. The summed E-state index contributed by atoms with van der Waals surface area (Å²) in [7, 11) is 3.21. The van der Waals surface area contributed by atoms with Crippen LogP contribution in [0.15, 0.2) is 52.9 Å². The predicted octanol–water partition coefficient (Wildman–Crippen LogP) is 4.23. The van der Waals surface area contributed by atoms with Crippen molar-refractivity contribution in [1.82, 2.24) is 4.98 Å². The molecule has 0 aliphatic rings. The molecule has 1 amide bonds. The van der Waals surface area contributed by atoms with E-state index in [2.05, 4.69) is 20.8 Å². The molecule has 3 rings (SSSR count). The van der Waals surface area contributed by atoms with E-state index in [4.69, 9.17) is 9.47 Å². The first-order chi connectivity index (χ1) is 13.6. The predicted molar refractivity (Wildman–Crippen MR) is 113 cm³/mol. The Bertz CT molecular complexity index is 983. The van der Waals surface area contributed by atoms with Crippen LogP contribution in [-0.4, -0.2) is 31.3 Å². The van der Waals surface area contributed by atoms with Gasteiger partial charge in [-0.05, 0) is 24.3 Å². The van der Waals surface area contributed by atoms with Crippen LogP contribution in [-0.2, 0) is 4.79 Å². The highest BCUT2D eigenvalue weighted by Crippen LogP contribution is 2.26. The van der Waals surface area contributed by atoms with Gasteiger partial charge in [0.2, 0.25) is 11.0 Å². The Morgan fingerprint density at radius 3 is 2.61 bits per heavy atom. The summed E-state index contributed by atoms with van der Waals surface area (Å²) in [5, 5.41) is 9.59. The van der Waals surface area contributed by atoms with Crippen LogP contribution in [0, 0.1) is 0 Å². The first-order valence-electron chi connectivity index (χ1n) is 8.43. The average molecular weight is 396 g/mol. The van der Waals surface area contributed by atoms with E-state index in [1.165, 1.54) is 18.3 Å². The Kier molecular flexibility index (Phi) is 6.23. The van der Waals surface area contributed by atoms with Gasteiger partial charge in [0.05, 0.1) is 26.1 Å². The van der Waals surface area contributed by atoms with Gasteiger partial charge in [0, 0.05) is 35.2 Å². The lowest BCUT2D eigenvalue weighted by Gasteiger charge is -2.06. The number of nitrogens with zero attached hydrogens (tertiary/aromatic N) is 2. The number of carbonyl (C=O) groups is 1. The van der Waals surface area contributed by atoms with Gasteiger partial charge in [0.25, 0.3) is 0 Å². The molecule has 2 aromatic carbocycles. The number of hydrazone groups is 1. The van der Waals surface area contributed by atoms with Crippen molar-refractivity contribution >= 4 is 34.3 Å². The molecule has 28 heavy (non-hydrogen) atoms. The number of hydrogen-bond donors (Lipinski definition) is 2. The van der Waals surface area contributed by atoms with Crippen molar-refractivity contribution in [3.8, 4) is 22.8 Å². The van der Waals surface area contributed by atoms with Gasteiger partial charge in [-0.1, -0.05) is 12.1 Å². The number of aromatic nitrogens is 1. The number of rotatable bonds is 7. The zero-order chi connectivity index (χ0) is 19.9. The molecule has 8 heteroatoms. The van der Waals surface area contributed by atoms with E-state index in [1.54, 1.807) is 26.5 Å². The third kappa shape index (κ3) is 4.86. The van der Waals surface area contributed by atoms with Crippen molar-refractivity contribution in [3.63, 3.8) is 0 Å². The van der Waals surface area contributed by atoms with Crippen molar-refractivity contribution in [2.24, 2.45) is 5.10 Å². The van der Waals surface area contributed by atoms with Crippen LogP contribution in [0.5, 0.6) is 11.5 Å². The van der Waals surface area contributed by atoms with Gasteiger partial charge in [-0.2, -0.15) is 5.10 Å². The van der Waals surface area contributed by atoms with Crippen LogP contribution in [0.4, 0.5) is 10.8 Å². The van der Waals surface area contributed by atoms with E-state index in [0.717, 1.165) is 28.3 Å². The zero-order valence-electron chi connectivity index (χ0n) is 15.7. The van der Waals surface area contributed by atoms with E-state index >= 15 is 0 Å². The standard InChI is InChI=1S/C20H20N4O3S/c1-13(25)22-16-7-4-14(5-8-16)18-12-28-20(23-18)24-21-11-15-6-9-17(26-2)10-19(15)27-3/h4-12H,1-3H3,(H,22,25)(H,23,24)/b21-11-. The molecular weight excluding hydrogens is 376 g/mol. The number of ether oxygens (including phenoxy) is 2. The molecule has 0 saturated carbocycles. The smallest absolute Gasteiger partial charge is 0.221 e. The second kappa shape index (κ2) is 9.01. The first-order valence-corrected chi connectivity index (χ1v) is 9.31. The van der Waals surface area contributed by atoms with Crippen LogP contribution in [0.2, 0.25) is 0 Å². The van der Waals surface area contributed by atoms with Crippen LogP contribution >= 0.6 is 11.3 Å². The molecular formula is C20H20N4O3S. The van der Waals surface area contributed by atoms with Crippen LogP contribution in [0.3, 0.4) is 0 Å². The molecule has 0 saturated heterocycles. The lowest BCUT2D eigenvalue weighted by Crippen LogP contribution is -2.05. The summed E-state index contributed by atoms with van der Waals surface area (Å²) >= 11 is 1.45. The van der Waals surface area contributed by atoms with Crippen LogP contribution in [0.25, 0.3) is 11.3 Å². The summed E-state index contributed by atoms with van der Waals surface area (Å²) in [5.41, 5.74) is 6.30. The second-order valence-corrected chi connectivity index (χ2v) is 6.63. The molecule has 0 aliphatic carbocycles. The van der Waals surface area contributed by atoms with Crippen LogP contribution in [0.1, 0.15) is 12.5 Å². The topological polar surface area (TPSA) is 84.8 Å². The lowest BCUT2D eigenvalue weighted by atomic mass is 10.1. The van der Waals surface area contributed by atoms with E-state index in [0.29, 0.717) is 10.9 Å². The van der Waals surface area contributed by atoms with Crippen molar-refractivity contribution in [1.29, 1.82) is 0 Å². The Morgan fingerprint density at radius 1 is 1.14 bits per heavy atom. The van der Waals surface area contributed by atoms with Gasteiger partial charge in [-0.15, -0.1) is 11.3 Å². The van der Waals surface area contributed by atoms with Crippen molar-refractivity contribution in [2.75, 3.05) is 25.0 Å². The van der Waals surface area contributed by atoms with Gasteiger partial charge >= 0.3 is 0 Å². The van der Waals surface area contributed by atoms with Crippen LogP contribution < -0.4 is 20.2 Å². The highest BCUT2D eigenvalue weighted by molar-refractivity contribution is 7.14. The van der Waals surface area contributed by atoms with Gasteiger partial charge in [-0.3, -0.25) is 10.2 Å². The molecule has 0 atom stereocenters. The number of nitrogens with one attached hydrogen (secondary N) is 2. The normalized spacial score (nSPS) is 10.7. The molecule has 0 fully saturated rings. The zero-order valence-corrected chi connectivity index (χ0v) is 16.5. The monoisotopic (exact) mass is 396 g/mol. The summed E-state index contributed by atoms with van der Waals surface area (Å²) in [5.74, 6) is 1.29. The largest absolute Gasteiger partial charge is 0.497 e. The molecule has 0 bridgehead atoms. The molecule has 1 aromatic heterocycles. The fourth-order valence-corrected chi connectivity index (χ4v) is 3.14. The number of carbonyl (C=O) groups excluding carboxylic acids is 1. The number of anilines is 2. The molecule has 3 aromatic rings. The van der Waals surface area contributed by atoms with Crippen molar-refractivity contribution in [2.45, 2.75) is 6.92 Å². The third-order valence-electron chi connectivity index (χ3n) is 3.81. The fourth-order valence-electron chi connectivity index (χ4n) is 2.47. The molecule has 2 N–H and O–H groups in total. The Morgan fingerprint density at radius 2 is 1.93 bits per heavy atom. The molecule has 0 spiro atoms. The Hall–Kier alpha value is -3.39. The maximum Gasteiger partial charge on any atom is 0.221 e. The summed E-state index contributed by atoms with van der Waals surface area (Å²) in [4.78, 5) is 15.6. The van der Waals surface area contributed by atoms with E-state index in [1.807, 2.05) is 41.8 Å². The Balaban J connectivity index is 1.66. The number of thiazole rings is 1. The maximum absolute atomic E-state index is 11.1. The minimum Gasteiger partial charge on any atom is -0.497 e. The molecule has 0 radical (unpaired) electrons. The summed E-state index contributed by atoms with van der Waals surface area (Å²) < 4.78 is 10.5. The molecule has 0 aliphatic heterocycles. The first kappa shape index (κ1) is 19.4. The minimum atomic E-state index is -0.0979. The van der Waals surface area contributed by atoms with E-state index in [9.17, 15) is 4.79 Å². The van der Waals surface area contributed by atoms with Gasteiger partial charge in [0.15, 0.2) is 0 Å². The van der Waals surface area contributed by atoms with Gasteiger partial charge in [0.1, 0.15) is 11.5 Å². The number of amides is 1. The Labute approximate surface area is 167 Å². The highest BCUT2D eigenvalue weighted by Gasteiger charge is 2.06. The number of methoxy groups -OCH3 is 2. The van der Waals surface area contributed by atoms with Crippen molar-refractivity contribution in [3.05, 3.63) is 53.4 Å². The quantitative estimate of drug-likeness (QED) is 0.461. The SMILES string of the molecule is COc1ccc(/C=N\Nc2nc(-c3ccc(NC(C)=O)cc3)cs2)c(OC)c1. The third-order valence-corrected chi connectivity index (χ3v) is 4.56. The summed E-state index contributed by atoms with van der Waals surface area (Å²) in [6.45, 7) is 1.48. The maximum atomic E-state index is 11.1. The van der Waals surface area contributed by atoms with E-state index in [-0.39, 0.29) is 5.91 Å². The lowest BCUT2D eigenvalue weighted by molar-refractivity contribution is -0.114. The second-order valence-electron chi connectivity index (χ2n) is 5.77. The average Bonchev–Trinajstić information content (AvgIpc) is 3.17.